The van der Waals surface area contributed by atoms with Crippen LogP contribution in [0, 0.1) is 0 Å². The van der Waals surface area contributed by atoms with Crippen molar-refractivity contribution in [2.75, 3.05) is 61.1 Å². The number of rotatable bonds is 8. The van der Waals surface area contributed by atoms with Gasteiger partial charge in [-0.2, -0.15) is 10.2 Å². The highest BCUT2D eigenvalue weighted by molar-refractivity contribution is 6.08. The Labute approximate surface area is 267 Å². The molecule has 4 aromatic heterocycles. The largest absolute Gasteiger partial charge is 0.378 e. The molecule has 17 heteroatoms. The molecule has 0 atom stereocenters. The number of amides is 4. The first-order chi connectivity index (χ1) is 22.8. The van der Waals surface area contributed by atoms with Gasteiger partial charge in [0, 0.05) is 64.3 Å². The van der Waals surface area contributed by atoms with Gasteiger partial charge in [0.2, 0.25) is 5.91 Å². The summed E-state index contributed by atoms with van der Waals surface area (Å²) in [5.41, 5.74) is 1.46. The monoisotopic (exact) mass is 649 g/mol. The van der Waals surface area contributed by atoms with Crippen molar-refractivity contribution in [2.24, 2.45) is 0 Å². The zero-order chi connectivity index (χ0) is 32.5. The smallest absolute Gasteiger partial charge is 0.328 e. The number of hydrogen-bond donors (Lipinski definition) is 2. The van der Waals surface area contributed by atoms with Crippen molar-refractivity contribution < 1.29 is 27.9 Å². The number of carbonyl (C=O) groups excluding carboxylic acids is 3. The molecule has 0 spiro atoms. The minimum absolute atomic E-state index is 0.0533. The summed E-state index contributed by atoms with van der Waals surface area (Å²) in [5.74, 6) is -0.223. The van der Waals surface area contributed by atoms with Crippen molar-refractivity contribution in [1.29, 1.82) is 0 Å². The summed E-state index contributed by atoms with van der Waals surface area (Å²) in [5, 5.41) is 13.4. The van der Waals surface area contributed by atoms with Gasteiger partial charge in [0.05, 0.1) is 43.0 Å². The summed E-state index contributed by atoms with van der Waals surface area (Å²) in [6.45, 7) is 4.73. The van der Waals surface area contributed by atoms with Gasteiger partial charge < -0.3 is 15.0 Å². The zero-order valence-corrected chi connectivity index (χ0v) is 25.4. The third kappa shape index (κ3) is 6.48. The first-order valence-corrected chi connectivity index (χ1v) is 15.5. The molecule has 3 aliphatic heterocycles. The molecule has 15 nitrogen and oxygen atoms in total. The fourth-order valence-corrected chi connectivity index (χ4v) is 6.15. The number of aromatic nitrogens is 6. The van der Waals surface area contributed by atoms with Crippen molar-refractivity contribution in [3.63, 3.8) is 0 Å². The molecular formula is C30H33F2N11O4. The van der Waals surface area contributed by atoms with Crippen LogP contribution in [-0.2, 0) is 16.1 Å². The number of carbonyl (C=O) groups is 3. The number of likely N-dealkylation sites (tertiary alicyclic amines) is 1. The number of nitrogens with one attached hydrogen (secondary N) is 2. The lowest BCUT2D eigenvalue weighted by atomic mass is 10.0. The van der Waals surface area contributed by atoms with Crippen LogP contribution < -0.4 is 20.4 Å². The Morgan fingerprint density at radius 1 is 1.09 bits per heavy atom. The quantitative estimate of drug-likeness (QED) is 0.291. The van der Waals surface area contributed by atoms with E-state index < -0.39 is 24.1 Å². The third-order valence-electron chi connectivity index (χ3n) is 8.63. The second-order valence-corrected chi connectivity index (χ2v) is 11.7. The maximum atomic E-state index is 14.1. The Kier molecular flexibility index (Phi) is 8.46. The van der Waals surface area contributed by atoms with Crippen molar-refractivity contribution in [1.82, 2.24) is 39.6 Å². The number of urea groups is 1. The molecule has 2 N–H and O–H groups in total. The highest BCUT2D eigenvalue weighted by Crippen LogP contribution is 2.31. The van der Waals surface area contributed by atoms with Gasteiger partial charge in [-0.25, -0.2) is 23.1 Å². The predicted octanol–water partition coefficient (Wildman–Crippen LogP) is 2.63. The number of piperidine rings is 1. The Balaban J connectivity index is 1.00. The van der Waals surface area contributed by atoms with Gasteiger partial charge in [-0.15, -0.1) is 0 Å². The van der Waals surface area contributed by atoms with Crippen LogP contribution in [0.2, 0.25) is 0 Å². The molecule has 0 saturated carbocycles. The molecule has 7 rings (SSSR count). The lowest BCUT2D eigenvalue weighted by Crippen LogP contribution is -2.49. The summed E-state index contributed by atoms with van der Waals surface area (Å²) < 4.78 is 36.6. The molecule has 0 bridgehead atoms. The SMILES string of the molecule is O=C1CCN(c2cncc(CN3CCC(n4cc(NC(=O)c5cnn6ccc(N7CCOCC7)nc56)c(C(F)F)n4)CC3)c2)C(=O)N1. The first-order valence-electron chi connectivity index (χ1n) is 15.5. The summed E-state index contributed by atoms with van der Waals surface area (Å²) >= 11 is 0. The van der Waals surface area contributed by atoms with Gasteiger partial charge in [0.25, 0.3) is 12.3 Å². The number of ether oxygens (including phenoxy) is 1. The molecule has 4 aromatic rings. The molecule has 3 fully saturated rings. The van der Waals surface area contributed by atoms with E-state index in [1.807, 2.05) is 12.1 Å². The molecule has 0 aliphatic carbocycles. The van der Waals surface area contributed by atoms with E-state index in [4.69, 9.17) is 4.74 Å². The van der Waals surface area contributed by atoms with E-state index in [2.05, 4.69) is 40.6 Å². The molecule has 4 amide bonds. The van der Waals surface area contributed by atoms with Gasteiger partial charge >= 0.3 is 6.03 Å². The minimum atomic E-state index is -2.89. The number of fused-ring (bicyclic) bond motifs is 1. The number of hydrogen-bond acceptors (Lipinski definition) is 10. The fraction of sp³-hybridized carbons (Fsp3) is 0.433. The lowest BCUT2D eigenvalue weighted by Gasteiger charge is -2.32. The van der Waals surface area contributed by atoms with Crippen molar-refractivity contribution in [3.8, 4) is 0 Å². The Hall–Kier alpha value is -5.03. The second kappa shape index (κ2) is 13.0. The Morgan fingerprint density at radius 3 is 2.66 bits per heavy atom. The molecule has 246 valence electrons. The van der Waals surface area contributed by atoms with E-state index in [1.165, 1.54) is 26.5 Å². The molecule has 47 heavy (non-hydrogen) atoms. The standard InChI is InChI=1S/C30H33F2N11O4/c31-27(32)26-23(35-29(45)22-16-34-42-8-3-24(36-28(22)42)40-9-11-47-12-10-40)18-43(38-26)20-1-5-39(6-2-20)17-19-13-21(15-33-14-19)41-7-4-25(44)37-30(41)46/h3,8,13-16,18,20,27H,1-2,4-7,9-12,17H2,(H,35,45)(H,37,44,46). The number of imide groups is 1. The maximum Gasteiger partial charge on any atom is 0.328 e. The average molecular weight is 650 g/mol. The van der Waals surface area contributed by atoms with E-state index >= 15 is 0 Å². The molecule has 7 heterocycles. The lowest BCUT2D eigenvalue weighted by molar-refractivity contribution is -0.120. The first kappa shape index (κ1) is 30.6. The number of morpholine rings is 1. The maximum absolute atomic E-state index is 14.1. The molecule has 0 unspecified atom stereocenters. The van der Waals surface area contributed by atoms with E-state index in [1.54, 1.807) is 18.6 Å². The summed E-state index contributed by atoms with van der Waals surface area (Å²) in [6.07, 6.45) is 6.54. The van der Waals surface area contributed by atoms with Gasteiger partial charge in [-0.05, 0) is 30.5 Å². The molecular weight excluding hydrogens is 616 g/mol. The predicted molar refractivity (Wildman–Crippen MR) is 164 cm³/mol. The van der Waals surface area contributed by atoms with Gasteiger partial charge in [0.15, 0.2) is 11.3 Å². The van der Waals surface area contributed by atoms with Crippen LogP contribution in [-0.4, -0.2) is 98.0 Å². The summed E-state index contributed by atoms with van der Waals surface area (Å²) in [6, 6.07) is 3.09. The molecule has 3 saturated heterocycles. The van der Waals surface area contributed by atoms with Gasteiger partial charge in [-0.1, -0.05) is 0 Å². The van der Waals surface area contributed by atoms with Crippen molar-refractivity contribution in [2.45, 2.75) is 38.3 Å². The highest BCUT2D eigenvalue weighted by Gasteiger charge is 2.28. The van der Waals surface area contributed by atoms with Crippen LogP contribution in [0.25, 0.3) is 5.65 Å². The second-order valence-electron chi connectivity index (χ2n) is 11.7. The number of alkyl halides is 2. The number of nitrogens with zero attached hydrogens (tertiary/aromatic N) is 9. The van der Waals surface area contributed by atoms with Gasteiger partial charge in [-0.3, -0.25) is 34.4 Å². The average Bonchev–Trinajstić information content (AvgIpc) is 3.70. The summed E-state index contributed by atoms with van der Waals surface area (Å²) in [7, 11) is 0. The third-order valence-corrected chi connectivity index (χ3v) is 8.63. The highest BCUT2D eigenvalue weighted by atomic mass is 19.3. The van der Waals surface area contributed by atoms with Crippen LogP contribution in [0.15, 0.2) is 43.1 Å². The van der Waals surface area contributed by atoms with Crippen LogP contribution in [0.5, 0.6) is 0 Å². The molecule has 0 radical (unpaired) electrons. The van der Waals surface area contributed by atoms with Crippen LogP contribution in [0.3, 0.4) is 0 Å². The van der Waals surface area contributed by atoms with Crippen LogP contribution in [0.1, 0.15) is 53.3 Å². The number of halogens is 2. The minimum Gasteiger partial charge on any atom is -0.378 e. The van der Waals surface area contributed by atoms with Crippen LogP contribution >= 0.6 is 0 Å². The van der Waals surface area contributed by atoms with E-state index in [9.17, 15) is 23.2 Å². The van der Waals surface area contributed by atoms with E-state index in [0.717, 1.165) is 5.56 Å². The van der Waals surface area contributed by atoms with E-state index in [0.29, 0.717) is 82.5 Å². The Bertz CT molecular complexity index is 1800. The van der Waals surface area contributed by atoms with Crippen molar-refractivity contribution in [3.05, 3.63) is 59.9 Å². The Morgan fingerprint density at radius 2 is 1.89 bits per heavy atom. The van der Waals surface area contributed by atoms with E-state index in [-0.39, 0.29) is 29.6 Å². The zero-order valence-electron chi connectivity index (χ0n) is 25.4. The molecule has 0 aromatic carbocycles. The normalized spacial score (nSPS) is 18.3. The molecule has 3 aliphatic rings. The fourth-order valence-electron chi connectivity index (χ4n) is 6.15. The van der Waals surface area contributed by atoms with Crippen LogP contribution in [0.4, 0.5) is 30.8 Å². The summed E-state index contributed by atoms with van der Waals surface area (Å²) in [4.78, 5) is 51.8. The number of pyridine rings is 1. The van der Waals surface area contributed by atoms with Crippen molar-refractivity contribution >= 4 is 40.7 Å². The van der Waals surface area contributed by atoms with Gasteiger partial charge in [0.1, 0.15) is 11.4 Å². The topological polar surface area (TPSA) is 155 Å². The number of anilines is 3.